The van der Waals surface area contributed by atoms with Crippen LogP contribution in [0, 0.1) is 0 Å². The molecular formula is C12H20N4O3. The van der Waals surface area contributed by atoms with Crippen molar-refractivity contribution in [3.63, 3.8) is 0 Å². The number of anilines is 1. The first-order chi connectivity index (χ1) is 9.15. The second-order valence-corrected chi connectivity index (χ2v) is 4.88. The summed E-state index contributed by atoms with van der Waals surface area (Å²) in [4.78, 5) is 19.1. The van der Waals surface area contributed by atoms with E-state index in [9.17, 15) is 4.79 Å². The van der Waals surface area contributed by atoms with Gasteiger partial charge in [0.2, 0.25) is 5.89 Å². The van der Waals surface area contributed by atoms with Crippen molar-refractivity contribution in [2.45, 2.75) is 25.7 Å². The van der Waals surface area contributed by atoms with Crippen LogP contribution in [0.3, 0.4) is 0 Å². The van der Waals surface area contributed by atoms with Crippen LogP contribution in [-0.4, -0.2) is 59.3 Å². The Kier molecular flexibility index (Phi) is 4.73. The lowest BCUT2D eigenvalue weighted by Crippen LogP contribution is -2.44. The van der Waals surface area contributed by atoms with Crippen LogP contribution < -0.4 is 4.90 Å². The predicted octanol–water partition coefficient (Wildman–Crippen LogP) is 0.619. The second kappa shape index (κ2) is 6.51. The molecule has 0 saturated carbocycles. The summed E-state index contributed by atoms with van der Waals surface area (Å²) in [5.74, 6) is 0.490. The summed E-state index contributed by atoms with van der Waals surface area (Å²) in [6.45, 7) is 3.83. The summed E-state index contributed by atoms with van der Waals surface area (Å²) in [5, 5.41) is 12.5. The number of unbranched alkanes of at least 4 members (excludes halogenated alkanes) is 1. The van der Waals surface area contributed by atoms with Crippen LogP contribution in [0.5, 0.6) is 0 Å². The molecule has 1 saturated heterocycles. The smallest absolute Gasteiger partial charge is 0.303 e. The Labute approximate surface area is 112 Å². The lowest BCUT2D eigenvalue weighted by atomic mass is 10.2. The molecule has 7 heteroatoms. The van der Waals surface area contributed by atoms with Crippen molar-refractivity contribution in [2.24, 2.45) is 0 Å². The Morgan fingerprint density at radius 1 is 1.32 bits per heavy atom. The maximum atomic E-state index is 10.4. The number of carboxylic acid groups (broad SMARTS) is 1. The van der Waals surface area contributed by atoms with Crippen LogP contribution in [0.25, 0.3) is 0 Å². The summed E-state index contributed by atoms with van der Waals surface area (Å²) in [6.07, 6.45) is 2.24. The summed E-state index contributed by atoms with van der Waals surface area (Å²) >= 11 is 0. The molecule has 106 valence electrons. The molecule has 0 spiro atoms. The van der Waals surface area contributed by atoms with Gasteiger partial charge < -0.3 is 19.4 Å². The van der Waals surface area contributed by atoms with Crippen LogP contribution in [-0.2, 0) is 11.2 Å². The van der Waals surface area contributed by atoms with Crippen LogP contribution in [0.15, 0.2) is 4.52 Å². The highest BCUT2D eigenvalue weighted by molar-refractivity contribution is 5.66. The van der Waals surface area contributed by atoms with Gasteiger partial charge in [-0.2, -0.15) is 4.98 Å². The maximum absolute atomic E-state index is 10.4. The first-order valence-electron chi connectivity index (χ1n) is 6.63. The summed E-state index contributed by atoms with van der Waals surface area (Å²) in [7, 11) is 2.10. The van der Waals surface area contributed by atoms with Gasteiger partial charge in [0.15, 0.2) is 0 Å². The third-order valence-electron chi connectivity index (χ3n) is 3.27. The molecule has 7 nitrogen and oxygen atoms in total. The first-order valence-corrected chi connectivity index (χ1v) is 6.63. The zero-order valence-electron chi connectivity index (χ0n) is 11.2. The molecule has 19 heavy (non-hydrogen) atoms. The highest BCUT2D eigenvalue weighted by Gasteiger charge is 2.18. The Hall–Kier alpha value is -1.63. The third-order valence-corrected chi connectivity index (χ3v) is 3.27. The monoisotopic (exact) mass is 268 g/mol. The number of aliphatic carboxylic acids is 1. The summed E-state index contributed by atoms with van der Waals surface area (Å²) < 4.78 is 5.19. The molecule has 2 heterocycles. The second-order valence-electron chi connectivity index (χ2n) is 4.88. The number of piperazine rings is 1. The normalized spacial score (nSPS) is 16.8. The molecule has 1 aliphatic rings. The van der Waals surface area contributed by atoms with Gasteiger partial charge in [-0.15, -0.1) is 0 Å². The quantitative estimate of drug-likeness (QED) is 0.757. The Balaban J connectivity index is 1.77. The molecule has 1 N–H and O–H groups in total. The van der Waals surface area contributed by atoms with Gasteiger partial charge in [0, 0.05) is 39.0 Å². The van der Waals surface area contributed by atoms with Gasteiger partial charge in [-0.25, -0.2) is 0 Å². The average Bonchev–Trinajstić information content (AvgIpc) is 2.84. The van der Waals surface area contributed by atoms with Gasteiger partial charge >= 0.3 is 5.97 Å². The van der Waals surface area contributed by atoms with Crippen molar-refractivity contribution in [3.05, 3.63) is 5.89 Å². The van der Waals surface area contributed by atoms with Gasteiger partial charge in [0.25, 0.3) is 5.95 Å². The van der Waals surface area contributed by atoms with Crippen molar-refractivity contribution < 1.29 is 14.4 Å². The minimum Gasteiger partial charge on any atom is -0.481 e. The molecule has 1 fully saturated rings. The van der Waals surface area contributed by atoms with Gasteiger partial charge in [-0.3, -0.25) is 4.79 Å². The van der Waals surface area contributed by atoms with Crippen molar-refractivity contribution in [2.75, 3.05) is 38.1 Å². The van der Waals surface area contributed by atoms with E-state index in [1.165, 1.54) is 0 Å². The Morgan fingerprint density at radius 2 is 2.05 bits per heavy atom. The molecule has 0 bridgehead atoms. The maximum Gasteiger partial charge on any atom is 0.303 e. The predicted molar refractivity (Wildman–Crippen MR) is 69.2 cm³/mol. The molecule has 1 aromatic rings. The molecule has 1 aliphatic heterocycles. The molecule has 0 aromatic carbocycles. The Morgan fingerprint density at radius 3 is 2.74 bits per heavy atom. The number of nitrogens with zero attached hydrogens (tertiary/aromatic N) is 4. The average molecular weight is 268 g/mol. The minimum absolute atomic E-state index is 0.194. The van der Waals surface area contributed by atoms with Crippen LogP contribution in [0.4, 0.5) is 5.95 Å². The highest BCUT2D eigenvalue weighted by atomic mass is 16.5. The van der Waals surface area contributed by atoms with E-state index in [4.69, 9.17) is 9.63 Å². The van der Waals surface area contributed by atoms with Gasteiger partial charge in [0.1, 0.15) is 0 Å². The van der Waals surface area contributed by atoms with Crippen molar-refractivity contribution in [1.29, 1.82) is 0 Å². The number of carboxylic acids is 1. The fraction of sp³-hybridized carbons (Fsp3) is 0.750. The van der Waals surface area contributed by atoms with E-state index in [0.717, 1.165) is 32.6 Å². The molecule has 0 amide bonds. The zero-order chi connectivity index (χ0) is 13.7. The molecule has 1 aromatic heterocycles. The summed E-state index contributed by atoms with van der Waals surface area (Å²) in [6, 6.07) is 0. The number of aromatic nitrogens is 2. The van der Waals surface area contributed by atoms with Crippen molar-refractivity contribution >= 4 is 11.9 Å². The number of hydrogen-bond donors (Lipinski definition) is 1. The SMILES string of the molecule is CN1CCN(c2noc(CCCCC(=O)O)n2)CC1. The number of carbonyl (C=O) groups is 1. The molecule has 0 atom stereocenters. The van der Waals surface area contributed by atoms with Crippen LogP contribution >= 0.6 is 0 Å². The van der Waals surface area contributed by atoms with Gasteiger partial charge in [0.05, 0.1) is 0 Å². The number of likely N-dealkylation sites (N-methyl/N-ethyl adjacent to an activating group) is 1. The highest BCUT2D eigenvalue weighted by Crippen LogP contribution is 2.13. The minimum atomic E-state index is -0.761. The van der Waals surface area contributed by atoms with E-state index in [2.05, 4.69) is 27.0 Å². The third kappa shape index (κ3) is 4.20. The van der Waals surface area contributed by atoms with Crippen molar-refractivity contribution in [1.82, 2.24) is 15.0 Å². The number of aryl methyl sites for hydroxylation is 1. The zero-order valence-corrected chi connectivity index (χ0v) is 11.2. The lowest BCUT2D eigenvalue weighted by Gasteiger charge is -2.31. The Bertz CT molecular complexity index is 413. The molecular weight excluding hydrogens is 248 g/mol. The molecule has 0 unspecified atom stereocenters. The lowest BCUT2D eigenvalue weighted by molar-refractivity contribution is -0.137. The van der Waals surface area contributed by atoms with E-state index < -0.39 is 5.97 Å². The molecule has 0 aliphatic carbocycles. The fourth-order valence-corrected chi connectivity index (χ4v) is 2.03. The van der Waals surface area contributed by atoms with Crippen molar-refractivity contribution in [3.8, 4) is 0 Å². The molecule has 0 radical (unpaired) electrons. The van der Waals surface area contributed by atoms with E-state index in [1.54, 1.807) is 0 Å². The van der Waals surface area contributed by atoms with Crippen LogP contribution in [0.2, 0.25) is 0 Å². The van der Waals surface area contributed by atoms with E-state index in [-0.39, 0.29) is 6.42 Å². The largest absolute Gasteiger partial charge is 0.481 e. The van der Waals surface area contributed by atoms with Crippen LogP contribution in [0.1, 0.15) is 25.2 Å². The number of rotatable bonds is 6. The fourth-order valence-electron chi connectivity index (χ4n) is 2.03. The van der Waals surface area contributed by atoms with Gasteiger partial charge in [-0.05, 0) is 25.0 Å². The van der Waals surface area contributed by atoms with Gasteiger partial charge in [-0.1, -0.05) is 0 Å². The van der Waals surface area contributed by atoms with E-state index in [0.29, 0.717) is 24.7 Å². The number of hydrogen-bond acceptors (Lipinski definition) is 6. The first kappa shape index (κ1) is 13.8. The topological polar surface area (TPSA) is 82.7 Å². The molecule has 2 rings (SSSR count). The van der Waals surface area contributed by atoms with E-state index in [1.807, 2.05) is 0 Å². The summed E-state index contributed by atoms with van der Waals surface area (Å²) in [5.41, 5.74) is 0. The standard InChI is InChI=1S/C12H20N4O3/c1-15-6-8-16(9-7-15)12-13-10(19-14-12)4-2-3-5-11(17)18/h2-9H2,1H3,(H,17,18). The van der Waals surface area contributed by atoms with E-state index >= 15 is 0 Å².